The lowest BCUT2D eigenvalue weighted by molar-refractivity contribution is 1.49. The summed E-state index contributed by atoms with van der Waals surface area (Å²) in [7, 11) is 0. The second-order valence-electron chi connectivity index (χ2n) is 2.77. The number of nitrogens with zero attached hydrogens (tertiary/aromatic N) is 2. The van der Waals surface area contributed by atoms with E-state index in [-0.39, 0.29) is 5.15 Å². The average Bonchev–Trinajstić information content (AvgIpc) is 2.60. The molecule has 0 atom stereocenters. The van der Waals surface area contributed by atoms with Crippen molar-refractivity contribution >= 4 is 34.7 Å². The van der Waals surface area contributed by atoms with E-state index in [1.807, 2.05) is 12.1 Å². The first kappa shape index (κ1) is 10.4. The first-order chi connectivity index (χ1) is 7.24. The Labute approximate surface area is 101 Å². The summed E-state index contributed by atoms with van der Waals surface area (Å²) in [6.45, 7) is 0. The predicted molar refractivity (Wildman–Crippen MR) is 62.3 cm³/mol. The van der Waals surface area contributed by atoms with E-state index in [0.717, 1.165) is 10.4 Å². The van der Waals surface area contributed by atoms with Crippen molar-refractivity contribution in [3.05, 3.63) is 40.0 Å². The SMILES string of the molecule is N#Cc1ccccc1-c1snc(Cl)c1Cl. The van der Waals surface area contributed by atoms with E-state index in [0.29, 0.717) is 10.6 Å². The van der Waals surface area contributed by atoms with E-state index in [1.54, 1.807) is 12.1 Å². The van der Waals surface area contributed by atoms with Crippen LogP contribution in [0.1, 0.15) is 5.56 Å². The molecule has 0 bridgehead atoms. The summed E-state index contributed by atoms with van der Waals surface area (Å²) >= 11 is 12.9. The van der Waals surface area contributed by atoms with Gasteiger partial charge in [-0.3, -0.25) is 0 Å². The fraction of sp³-hybridized carbons (Fsp3) is 0. The van der Waals surface area contributed by atoms with Gasteiger partial charge in [0.25, 0.3) is 0 Å². The third kappa shape index (κ3) is 1.84. The summed E-state index contributed by atoms with van der Waals surface area (Å²) in [5.74, 6) is 0. The Hall–Kier alpha value is -1.08. The Morgan fingerprint density at radius 3 is 2.60 bits per heavy atom. The molecule has 0 aliphatic rings. The van der Waals surface area contributed by atoms with Gasteiger partial charge in [-0.25, -0.2) is 0 Å². The van der Waals surface area contributed by atoms with Crippen LogP contribution in [-0.2, 0) is 0 Å². The van der Waals surface area contributed by atoms with Crippen molar-refractivity contribution < 1.29 is 0 Å². The smallest absolute Gasteiger partial charge is 0.162 e. The van der Waals surface area contributed by atoms with Crippen LogP contribution in [0.25, 0.3) is 10.4 Å². The largest absolute Gasteiger partial charge is 0.192 e. The molecule has 2 nitrogen and oxygen atoms in total. The molecule has 0 amide bonds. The summed E-state index contributed by atoms with van der Waals surface area (Å²) in [5, 5.41) is 9.62. The first-order valence-electron chi connectivity index (χ1n) is 4.04. The molecule has 0 N–H and O–H groups in total. The van der Waals surface area contributed by atoms with Crippen LogP contribution in [0.2, 0.25) is 10.2 Å². The average molecular weight is 255 g/mol. The quantitative estimate of drug-likeness (QED) is 0.772. The van der Waals surface area contributed by atoms with Crippen LogP contribution in [0.3, 0.4) is 0 Å². The fourth-order valence-electron chi connectivity index (χ4n) is 1.21. The van der Waals surface area contributed by atoms with Gasteiger partial charge in [0.2, 0.25) is 0 Å². The highest BCUT2D eigenvalue weighted by Gasteiger charge is 2.14. The van der Waals surface area contributed by atoms with Crippen molar-refractivity contribution in [3.8, 4) is 16.5 Å². The summed E-state index contributed by atoms with van der Waals surface area (Å²) < 4.78 is 3.93. The Morgan fingerprint density at radius 1 is 1.27 bits per heavy atom. The van der Waals surface area contributed by atoms with Crippen LogP contribution in [0.5, 0.6) is 0 Å². The Morgan fingerprint density at radius 2 is 2.00 bits per heavy atom. The van der Waals surface area contributed by atoms with Gasteiger partial charge in [0.05, 0.1) is 21.5 Å². The van der Waals surface area contributed by atoms with E-state index in [2.05, 4.69) is 10.4 Å². The van der Waals surface area contributed by atoms with Gasteiger partial charge in [-0.1, -0.05) is 41.4 Å². The maximum Gasteiger partial charge on any atom is 0.162 e. The van der Waals surface area contributed by atoms with Crippen LogP contribution < -0.4 is 0 Å². The standard InChI is InChI=1S/C10H4Cl2N2S/c11-8-9(15-14-10(8)12)7-4-2-1-3-6(7)5-13/h1-4H. The van der Waals surface area contributed by atoms with Gasteiger partial charge in [-0.05, 0) is 17.6 Å². The van der Waals surface area contributed by atoms with Crippen molar-refractivity contribution in [1.29, 1.82) is 5.26 Å². The van der Waals surface area contributed by atoms with Gasteiger partial charge in [0.15, 0.2) is 5.15 Å². The van der Waals surface area contributed by atoms with E-state index >= 15 is 0 Å². The molecule has 1 aromatic heterocycles. The second-order valence-corrected chi connectivity index (χ2v) is 4.28. The maximum absolute atomic E-state index is 8.94. The molecule has 5 heteroatoms. The van der Waals surface area contributed by atoms with Crippen molar-refractivity contribution in [2.45, 2.75) is 0 Å². The number of hydrogen-bond acceptors (Lipinski definition) is 3. The minimum atomic E-state index is 0.282. The van der Waals surface area contributed by atoms with Gasteiger partial charge in [0, 0.05) is 5.56 Å². The molecule has 1 heterocycles. The molecule has 0 fully saturated rings. The van der Waals surface area contributed by atoms with Crippen molar-refractivity contribution in [3.63, 3.8) is 0 Å². The Balaban J connectivity index is 2.65. The molecule has 0 unspecified atom stereocenters. The first-order valence-corrected chi connectivity index (χ1v) is 5.57. The van der Waals surface area contributed by atoms with Crippen LogP contribution >= 0.6 is 34.7 Å². The molecule has 0 radical (unpaired) electrons. The fourth-order valence-corrected chi connectivity index (χ4v) is 2.47. The molecule has 1 aromatic carbocycles. The lowest BCUT2D eigenvalue weighted by atomic mass is 10.1. The summed E-state index contributed by atoms with van der Waals surface area (Å²) in [6.07, 6.45) is 0. The zero-order valence-corrected chi connectivity index (χ0v) is 9.70. The lowest BCUT2D eigenvalue weighted by Crippen LogP contribution is -1.80. The minimum Gasteiger partial charge on any atom is -0.192 e. The normalized spacial score (nSPS) is 9.93. The van der Waals surface area contributed by atoms with Gasteiger partial charge in [0.1, 0.15) is 0 Å². The summed E-state index contributed by atoms with van der Waals surface area (Å²) in [4.78, 5) is 0.735. The molecule has 0 saturated heterocycles. The molecule has 0 saturated carbocycles. The van der Waals surface area contributed by atoms with E-state index in [9.17, 15) is 0 Å². The molecular weight excluding hydrogens is 251 g/mol. The lowest BCUT2D eigenvalue weighted by Gasteiger charge is -1.99. The topological polar surface area (TPSA) is 36.7 Å². The molecular formula is C10H4Cl2N2S. The minimum absolute atomic E-state index is 0.282. The second kappa shape index (κ2) is 4.19. The molecule has 2 aromatic rings. The van der Waals surface area contributed by atoms with E-state index in [1.165, 1.54) is 11.5 Å². The highest BCUT2D eigenvalue weighted by molar-refractivity contribution is 7.10. The molecule has 2 rings (SSSR count). The van der Waals surface area contributed by atoms with Gasteiger partial charge < -0.3 is 0 Å². The zero-order chi connectivity index (χ0) is 10.8. The highest BCUT2D eigenvalue weighted by atomic mass is 35.5. The number of halogens is 2. The number of hydrogen-bond donors (Lipinski definition) is 0. The molecule has 0 aliphatic carbocycles. The Kier molecular flexibility index (Phi) is 2.92. The third-order valence-corrected chi connectivity index (χ3v) is 3.72. The molecule has 0 spiro atoms. The van der Waals surface area contributed by atoms with Crippen LogP contribution in [0.4, 0.5) is 0 Å². The zero-order valence-electron chi connectivity index (χ0n) is 7.37. The molecule has 74 valence electrons. The van der Waals surface area contributed by atoms with Gasteiger partial charge in [-0.2, -0.15) is 9.64 Å². The predicted octanol–water partition coefficient (Wildman–Crippen LogP) is 3.99. The number of rotatable bonds is 1. The number of nitriles is 1. The monoisotopic (exact) mass is 254 g/mol. The van der Waals surface area contributed by atoms with Gasteiger partial charge in [-0.15, -0.1) is 0 Å². The summed E-state index contributed by atoms with van der Waals surface area (Å²) in [5.41, 5.74) is 1.34. The number of benzene rings is 1. The van der Waals surface area contributed by atoms with Crippen molar-refractivity contribution in [1.82, 2.24) is 4.37 Å². The maximum atomic E-state index is 8.94. The van der Waals surface area contributed by atoms with Crippen LogP contribution in [-0.4, -0.2) is 4.37 Å². The molecule has 0 aliphatic heterocycles. The van der Waals surface area contributed by atoms with Gasteiger partial charge >= 0.3 is 0 Å². The van der Waals surface area contributed by atoms with Crippen molar-refractivity contribution in [2.75, 3.05) is 0 Å². The van der Waals surface area contributed by atoms with Crippen LogP contribution in [0, 0.1) is 11.3 Å². The third-order valence-electron chi connectivity index (χ3n) is 1.89. The molecule has 15 heavy (non-hydrogen) atoms. The summed E-state index contributed by atoms with van der Waals surface area (Å²) in [6, 6.07) is 9.32. The van der Waals surface area contributed by atoms with Crippen molar-refractivity contribution in [2.24, 2.45) is 0 Å². The highest BCUT2D eigenvalue weighted by Crippen LogP contribution is 2.38. The Bertz CT molecular complexity index is 543. The number of aromatic nitrogens is 1. The van der Waals surface area contributed by atoms with E-state index < -0.39 is 0 Å². The van der Waals surface area contributed by atoms with Crippen LogP contribution in [0.15, 0.2) is 24.3 Å². The van der Waals surface area contributed by atoms with E-state index in [4.69, 9.17) is 28.5 Å².